The average Bonchev–Trinajstić information content (AvgIpc) is 3.36. The summed E-state index contributed by atoms with van der Waals surface area (Å²) in [5.41, 5.74) is 7.88. The zero-order chi connectivity index (χ0) is 22.1. The molecule has 10 heteroatoms. The van der Waals surface area contributed by atoms with Crippen LogP contribution in [0.25, 0.3) is 0 Å². The van der Waals surface area contributed by atoms with Gasteiger partial charge in [0.15, 0.2) is 11.3 Å². The zero-order valence-electron chi connectivity index (χ0n) is 16.8. The van der Waals surface area contributed by atoms with Gasteiger partial charge in [0.2, 0.25) is 5.91 Å². The third-order valence-corrected chi connectivity index (χ3v) is 7.67. The molecule has 3 aromatic rings. The van der Waals surface area contributed by atoms with Crippen molar-refractivity contribution in [2.75, 3.05) is 5.75 Å². The zero-order valence-corrected chi connectivity index (χ0v) is 18.4. The van der Waals surface area contributed by atoms with E-state index < -0.39 is 18.1 Å². The second-order valence-corrected chi connectivity index (χ2v) is 9.40. The number of benzene rings is 2. The summed E-state index contributed by atoms with van der Waals surface area (Å²) < 4.78 is 6.05. The van der Waals surface area contributed by atoms with Crippen molar-refractivity contribution in [2.24, 2.45) is 5.73 Å². The number of carbonyl (C=O) groups is 2. The molecule has 0 spiro atoms. The number of hydrogen-bond donors (Lipinski definition) is 2. The van der Waals surface area contributed by atoms with Gasteiger partial charge in [-0.2, -0.15) is 5.10 Å². The number of aromatic amines is 1. The molecule has 2 aliphatic rings. The Kier molecular flexibility index (Phi) is 5.73. The predicted molar refractivity (Wildman–Crippen MR) is 121 cm³/mol. The van der Waals surface area contributed by atoms with E-state index in [2.05, 4.69) is 15.2 Å². The quantitative estimate of drug-likeness (QED) is 0.422. The molecule has 0 bridgehead atoms. The van der Waals surface area contributed by atoms with Gasteiger partial charge < -0.3 is 10.5 Å². The Labute approximate surface area is 192 Å². The fraction of sp³-hybridized carbons (Fsp3) is 0.182. The minimum absolute atomic E-state index is 0.221. The first-order valence-electron chi connectivity index (χ1n) is 9.91. The second-order valence-electron chi connectivity index (χ2n) is 7.21. The summed E-state index contributed by atoms with van der Waals surface area (Å²) in [5, 5.41) is 6.89. The van der Waals surface area contributed by atoms with E-state index in [1.165, 1.54) is 34.8 Å². The van der Waals surface area contributed by atoms with E-state index in [1.807, 2.05) is 60.7 Å². The third-order valence-electron chi connectivity index (χ3n) is 5.21. The summed E-state index contributed by atoms with van der Waals surface area (Å²) >= 11 is 2.78. The first-order valence-corrected chi connectivity index (χ1v) is 11.8. The van der Waals surface area contributed by atoms with Gasteiger partial charge in [-0.05, 0) is 11.1 Å². The molecular weight excluding hydrogens is 446 g/mol. The maximum Gasteiger partial charge on any atom is 0.356 e. The second kappa shape index (κ2) is 8.81. The molecule has 3 heterocycles. The van der Waals surface area contributed by atoms with Crippen molar-refractivity contribution in [1.29, 1.82) is 0 Å². The van der Waals surface area contributed by atoms with Gasteiger partial charge in [0.05, 0.1) is 0 Å². The van der Waals surface area contributed by atoms with Crippen LogP contribution in [0.3, 0.4) is 0 Å². The van der Waals surface area contributed by atoms with Crippen LogP contribution in [0.2, 0.25) is 0 Å². The molecule has 2 atom stereocenters. The lowest BCUT2D eigenvalue weighted by atomic mass is 10.0. The Morgan fingerprint density at radius 2 is 1.81 bits per heavy atom. The lowest BCUT2D eigenvalue weighted by molar-refractivity contribution is -0.152. The topological polar surface area (TPSA) is 114 Å². The Balaban J connectivity index is 1.51. The van der Waals surface area contributed by atoms with Crippen molar-refractivity contribution in [2.45, 2.75) is 22.7 Å². The van der Waals surface area contributed by atoms with E-state index in [0.29, 0.717) is 15.8 Å². The molecule has 0 radical (unpaired) electrons. The molecule has 32 heavy (non-hydrogen) atoms. The molecule has 2 aromatic carbocycles. The molecule has 1 aromatic heterocycles. The van der Waals surface area contributed by atoms with Gasteiger partial charge in [-0.3, -0.25) is 14.8 Å². The van der Waals surface area contributed by atoms with Crippen molar-refractivity contribution in [3.8, 4) is 0 Å². The number of ether oxygens (including phenoxy) is 1. The third kappa shape index (κ3) is 3.81. The summed E-state index contributed by atoms with van der Waals surface area (Å²) in [4.78, 5) is 32.4. The summed E-state index contributed by atoms with van der Waals surface area (Å²) in [7, 11) is 0. The van der Waals surface area contributed by atoms with E-state index in [-0.39, 0.29) is 17.0 Å². The fourth-order valence-corrected chi connectivity index (χ4v) is 5.95. The van der Waals surface area contributed by atoms with Crippen LogP contribution in [0, 0.1) is 0 Å². The van der Waals surface area contributed by atoms with Gasteiger partial charge in [0.1, 0.15) is 23.4 Å². The monoisotopic (exact) mass is 465 g/mol. The van der Waals surface area contributed by atoms with Gasteiger partial charge in [0, 0.05) is 10.7 Å². The molecule has 0 unspecified atom stereocenters. The summed E-state index contributed by atoms with van der Waals surface area (Å²) in [5.74, 6) is -0.352. The highest BCUT2D eigenvalue weighted by Crippen LogP contribution is 2.44. The van der Waals surface area contributed by atoms with Crippen LogP contribution >= 0.6 is 23.5 Å². The number of thioether (sulfide) groups is 2. The first kappa shape index (κ1) is 20.8. The van der Waals surface area contributed by atoms with E-state index in [0.717, 1.165) is 11.1 Å². The number of H-pyrrole nitrogens is 1. The Hall–Kier alpha value is -3.08. The number of carbonyl (C=O) groups excluding carboxylic acids is 2. The molecule has 1 saturated heterocycles. The number of aromatic nitrogens is 3. The largest absolute Gasteiger partial charge is 0.448 e. The van der Waals surface area contributed by atoms with Crippen LogP contribution < -0.4 is 5.73 Å². The highest BCUT2D eigenvalue weighted by atomic mass is 32.2. The molecule has 0 aliphatic carbocycles. The lowest BCUT2D eigenvalue weighted by Gasteiger charge is -2.48. The van der Waals surface area contributed by atoms with Crippen LogP contribution in [0.1, 0.15) is 17.2 Å². The number of nitrogens with one attached hydrogen (secondary N) is 1. The summed E-state index contributed by atoms with van der Waals surface area (Å²) in [6.07, 6.45) is 0.776. The predicted octanol–water partition coefficient (Wildman–Crippen LogP) is 2.68. The molecule has 1 fully saturated rings. The van der Waals surface area contributed by atoms with Gasteiger partial charge >= 0.3 is 5.97 Å². The Morgan fingerprint density at radius 1 is 1.16 bits per heavy atom. The van der Waals surface area contributed by atoms with E-state index in [1.54, 1.807) is 0 Å². The molecule has 1 amide bonds. The number of fused-ring (bicyclic) bond motifs is 1. The van der Waals surface area contributed by atoms with E-state index in [4.69, 9.17) is 10.5 Å². The smallest absolute Gasteiger partial charge is 0.356 e. The van der Waals surface area contributed by atoms with Crippen LogP contribution in [0.5, 0.6) is 0 Å². The van der Waals surface area contributed by atoms with Crippen molar-refractivity contribution in [1.82, 2.24) is 20.1 Å². The normalized spacial score (nSPS) is 20.2. The van der Waals surface area contributed by atoms with E-state index >= 15 is 0 Å². The van der Waals surface area contributed by atoms with Crippen LogP contribution in [-0.4, -0.2) is 49.1 Å². The molecule has 3 N–H and O–H groups in total. The number of nitrogens with two attached hydrogens (primary N) is 1. The van der Waals surface area contributed by atoms with Crippen molar-refractivity contribution in [3.63, 3.8) is 0 Å². The maximum absolute atomic E-state index is 13.6. The number of esters is 1. The van der Waals surface area contributed by atoms with Crippen LogP contribution in [0.4, 0.5) is 0 Å². The highest BCUT2D eigenvalue weighted by molar-refractivity contribution is 8.06. The average molecular weight is 466 g/mol. The first-order chi connectivity index (χ1) is 15.6. The number of rotatable bonds is 6. The van der Waals surface area contributed by atoms with Gasteiger partial charge in [0.25, 0.3) is 0 Å². The standard InChI is InChI=1S/C22H19N5O3S2/c23-16-19(28)27-17(15(11-31-20(16)27)32-22-24-12-25-26-22)21(29)30-18(13-7-3-1-4-8-13)14-9-5-2-6-10-14/h1-10,12,16,18,20H,11,23H2,(H,24,25,26)/t16-,20+/m1/s1. The molecule has 5 rings (SSSR count). The Bertz CT molecular complexity index is 1120. The number of hydrogen-bond acceptors (Lipinski definition) is 8. The van der Waals surface area contributed by atoms with Gasteiger partial charge in [-0.25, -0.2) is 9.78 Å². The number of amides is 1. The SMILES string of the molecule is N[C@@H]1C(=O)N2C(C(=O)OC(c3ccccc3)c3ccccc3)=C(Sc3ncn[nH]3)CS[C@@H]12. The molecule has 2 aliphatic heterocycles. The summed E-state index contributed by atoms with van der Waals surface area (Å²) in [6.45, 7) is 0. The van der Waals surface area contributed by atoms with Crippen molar-refractivity contribution < 1.29 is 14.3 Å². The minimum Gasteiger partial charge on any atom is -0.448 e. The highest BCUT2D eigenvalue weighted by Gasteiger charge is 2.52. The molecule has 0 saturated carbocycles. The van der Waals surface area contributed by atoms with Crippen molar-refractivity contribution >= 4 is 35.4 Å². The molecule has 162 valence electrons. The van der Waals surface area contributed by atoms with Crippen molar-refractivity contribution in [3.05, 3.63) is 88.7 Å². The molecule has 8 nitrogen and oxygen atoms in total. The minimum atomic E-state index is -0.626. The van der Waals surface area contributed by atoms with Gasteiger partial charge in [-0.1, -0.05) is 72.4 Å². The number of nitrogens with zero attached hydrogens (tertiary/aromatic N) is 3. The lowest BCUT2D eigenvalue weighted by Crippen LogP contribution is -2.68. The fourth-order valence-electron chi connectivity index (χ4n) is 3.66. The number of β-lactam (4-membered cyclic amide) rings is 1. The summed E-state index contributed by atoms with van der Waals surface area (Å²) in [6, 6.07) is 18.4. The van der Waals surface area contributed by atoms with E-state index in [9.17, 15) is 9.59 Å². The van der Waals surface area contributed by atoms with Crippen LogP contribution in [-0.2, 0) is 14.3 Å². The van der Waals surface area contributed by atoms with Gasteiger partial charge in [-0.15, -0.1) is 11.8 Å². The molecular formula is C22H19N5O3S2. The van der Waals surface area contributed by atoms with Crippen LogP contribution in [0.15, 0.2) is 82.7 Å². The maximum atomic E-state index is 13.6. The Morgan fingerprint density at radius 3 is 2.41 bits per heavy atom.